The summed E-state index contributed by atoms with van der Waals surface area (Å²) in [7, 11) is -11.7. The molecule has 0 fully saturated rings. The molecule has 0 saturated carbocycles. The minimum atomic E-state index is -2.92. The van der Waals surface area contributed by atoms with Crippen molar-refractivity contribution in [1.82, 2.24) is 0 Å². The molecule has 0 spiro atoms. The maximum atomic E-state index is 8.42. The van der Waals surface area contributed by atoms with E-state index in [0.29, 0.717) is 0 Å². The Morgan fingerprint density at radius 1 is 0.250 bits per heavy atom. The zero-order chi connectivity index (χ0) is 14.3. The molecule has 0 aliphatic heterocycles. The monoisotopic (exact) mass is 912 g/mol. The third-order valence-electron chi connectivity index (χ3n) is 0. The Morgan fingerprint density at radius 2 is 0.250 bits per heavy atom. The first kappa shape index (κ1) is 49.8. The molecule has 0 bridgehead atoms. The third kappa shape index (κ3) is 482. The normalized spacial score (nSPS) is 5.40. The molecule has 0 aromatic rings. The van der Waals surface area contributed by atoms with Gasteiger partial charge in [0.25, 0.3) is 0 Å². The number of rotatable bonds is 0. The fraction of sp³-hybridized carbons (Fsp3) is 0. The van der Waals surface area contributed by atoms with E-state index in [1.54, 1.807) is 0 Å². The molecular formula is B4O12Tm4. The van der Waals surface area contributed by atoms with Crippen molar-refractivity contribution in [3.8, 4) is 0 Å². The van der Waals surface area contributed by atoms with Gasteiger partial charge in [0.1, 0.15) is 0 Å². The minimum absolute atomic E-state index is 0. The van der Waals surface area contributed by atoms with E-state index in [9.17, 15) is 0 Å². The summed E-state index contributed by atoms with van der Waals surface area (Å²) in [4.78, 5) is 0. The van der Waals surface area contributed by atoms with Gasteiger partial charge in [0.2, 0.25) is 0 Å². The molecule has 136 valence electrons. The average molecular weight is 911 g/mol. The Kier molecular flexibility index (Phi) is 109. The van der Waals surface area contributed by atoms with Gasteiger partial charge in [-0.05, 0) is 0 Å². The van der Waals surface area contributed by atoms with Crippen LogP contribution in [-0.4, -0.2) is 29.3 Å². The molecule has 0 aromatic heterocycles. The second-order valence-corrected chi connectivity index (χ2v) is 1.15. The van der Waals surface area contributed by atoms with Crippen molar-refractivity contribution in [3.05, 3.63) is 0 Å². The fourth-order valence-corrected chi connectivity index (χ4v) is 0. The Hall–Kier alpha value is 4.71. The van der Waals surface area contributed by atoms with Crippen LogP contribution < -0.4 is 60.3 Å². The van der Waals surface area contributed by atoms with Crippen LogP contribution in [0.5, 0.6) is 0 Å². The maximum absolute atomic E-state index is 8.42. The number of hydrogen-bond donors (Lipinski definition) is 0. The van der Waals surface area contributed by atoms with E-state index in [1.165, 1.54) is 0 Å². The van der Waals surface area contributed by atoms with Crippen molar-refractivity contribution in [3.63, 3.8) is 0 Å². The molecule has 0 atom stereocenters. The Labute approximate surface area is 232 Å². The molecule has 12 nitrogen and oxygen atoms in total. The van der Waals surface area contributed by atoms with Gasteiger partial charge in [-0.15, -0.1) is 0 Å². The Morgan fingerprint density at radius 3 is 0.250 bits per heavy atom. The second-order valence-electron chi connectivity index (χ2n) is 1.15. The molecule has 0 heterocycles. The van der Waals surface area contributed by atoms with Gasteiger partial charge in [-0.25, -0.2) is 0 Å². The first-order valence-corrected chi connectivity index (χ1v) is 2.83. The van der Waals surface area contributed by atoms with Crippen LogP contribution in [-0.2, 0) is 0 Å². The van der Waals surface area contributed by atoms with Gasteiger partial charge in [-0.1, -0.05) is 0 Å². The topological polar surface area (TPSA) is 277 Å². The summed E-state index contributed by atoms with van der Waals surface area (Å²) in [5.74, 6) is 0. The summed E-state index contributed by atoms with van der Waals surface area (Å²) >= 11 is 0. The Balaban J connectivity index is -0.0000000150. The van der Waals surface area contributed by atoms with E-state index in [0.717, 1.165) is 0 Å². The number of hydrogen-bond acceptors (Lipinski definition) is 12. The van der Waals surface area contributed by atoms with Crippen LogP contribution in [0.1, 0.15) is 0 Å². The summed E-state index contributed by atoms with van der Waals surface area (Å²) in [6.45, 7) is 0. The van der Waals surface area contributed by atoms with Gasteiger partial charge in [0, 0.05) is 0 Å². The molecule has 0 rings (SSSR count). The summed E-state index contributed by atoms with van der Waals surface area (Å²) in [6, 6.07) is 0. The van der Waals surface area contributed by atoms with Crippen LogP contribution in [0.3, 0.4) is 0 Å². The van der Waals surface area contributed by atoms with Crippen LogP contribution in [0.25, 0.3) is 0 Å². The smallest absolute Gasteiger partial charge is 0.907 e. The second kappa shape index (κ2) is 43.8. The maximum Gasteiger partial charge on any atom is 3.00 e. The molecule has 0 aliphatic carbocycles. The first-order chi connectivity index (χ1) is 6.93. The quantitative estimate of drug-likeness (QED) is 0.205. The summed E-state index contributed by atoms with van der Waals surface area (Å²) < 4.78 is 0. The molecular weight excluding hydrogens is 911 g/mol. The minimum Gasteiger partial charge on any atom is -0.907 e. The molecule has 20 heavy (non-hydrogen) atoms. The van der Waals surface area contributed by atoms with Gasteiger partial charge in [-0.2, -0.15) is 0 Å². The predicted octanol–water partition coefficient (Wildman–Crippen LogP) is -15.8. The molecule has 0 radical (unpaired) electrons. The van der Waals surface area contributed by atoms with E-state index in [1.807, 2.05) is 0 Å². The molecule has 0 N–H and O–H groups in total. The van der Waals surface area contributed by atoms with Crippen LogP contribution in [0.15, 0.2) is 0 Å². The van der Waals surface area contributed by atoms with Crippen molar-refractivity contribution >= 4 is 29.3 Å². The standard InChI is InChI=1S/4BO3.4Tm/c4*2-1(3)4;;;;/q4*-3;4*+3. The molecule has 0 aromatic carbocycles. The molecule has 0 amide bonds. The van der Waals surface area contributed by atoms with E-state index in [4.69, 9.17) is 60.3 Å². The van der Waals surface area contributed by atoms with Crippen molar-refractivity contribution in [2.24, 2.45) is 0 Å². The van der Waals surface area contributed by atoms with E-state index in [-0.39, 0.29) is 147 Å². The molecule has 20 heteroatoms. The predicted molar refractivity (Wildman–Crippen MR) is 23.0 cm³/mol. The van der Waals surface area contributed by atoms with Crippen molar-refractivity contribution in [1.29, 1.82) is 0 Å². The fourth-order valence-electron chi connectivity index (χ4n) is 0. The summed E-state index contributed by atoms with van der Waals surface area (Å²) in [5.41, 5.74) is 0. The van der Waals surface area contributed by atoms with Gasteiger partial charge in [0.05, 0.1) is 0 Å². The van der Waals surface area contributed by atoms with Gasteiger partial charge in [0.15, 0.2) is 0 Å². The van der Waals surface area contributed by atoms with E-state index < -0.39 is 29.3 Å². The average Bonchev–Trinajstić information content (AvgIpc) is 1.76. The van der Waals surface area contributed by atoms with Gasteiger partial charge in [-0.3, -0.25) is 29.3 Å². The van der Waals surface area contributed by atoms with E-state index >= 15 is 0 Å². The molecule has 0 aliphatic rings. The Bertz CT molecular complexity index is 70.4. The van der Waals surface area contributed by atoms with Crippen LogP contribution in [0, 0.1) is 147 Å². The van der Waals surface area contributed by atoms with E-state index in [2.05, 4.69) is 0 Å². The summed E-state index contributed by atoms with van der Waals surface area (Å²) in [6.07, 6.45) is 0. The van der Waals surface area contributed by atoms with Crippen LogP contribution >= 0.6 is 0 Å². The van der Waals surface area contributed by atoms with Gasteiger partial charge >= 0.3 is 147 Å². The SMILES string of the molecule is [O-]B([O-])[O-].[O-]B([O-])[O-].[O-]B([O-])[O-].[O-]B([O-])[O-].[Tm+3].[Tm+3].[Tm+3].[Tm+3]. The molecule has 0 saturated heterocycles. The summed E-state index contributed by atoms with van der Waals surface area (Å²) in [5, 5.41) is 101. The van der Waals surface area contributed by atoms with Crippen LogP contribution in [0.2, 0.25) is 0 Å². The van der Waals surface area contributed by atoms with Gasteiger partial charge < -0.3 is 60.3 Å². The van der Waals surface area contributed by atoms with Crippen molar-refractivity contribution < 1.29 is 208 Å². The third-order valence-corrected chi connectivity index (χ3v) is 0. The van der Waals surface area contributed by atoms with Crippen molar-refractivity contribution in [2.75, 3.05) is 0 Å². The molecule has 0 unspecified atom stereocenters. The zero-order valence-electron chi connectivity index (χ0n) is 8.32. The first-order valence-electron chi connectivity index (χ1n) is 2.83. The van der Waals surface area contributed by atoms with Crippen LogP contribution in [0.4, 0.5) is 0 Å². The van der Waals surface area contributed by atoms with Crippen molar-refractivity contribution in [2.45, 2.75) is 0 Å². The largest absolute Gasteiger partial charge is 3.00 e. The zero-order valence-corrected chi connectivity index (χ0v) is 15.4.